The van der Waals surface area contributed by atoms with Crippen molar-refractivity contribution in [3.63, 3.8) is 0 Å². The summed E-state index contributed by atoms with van der Waals surface area (Å²) in [6, 6.07) is 2.55. The molecular formula is C14H19ClN2O3S. The molecule has 1 aliphatic carbocycles. The molecule has 1 aliphatic rings. The zero-order chi connectivity index (χ0) is 15.8. The highest BCUT2D eigenvalue weighted by atomic mass is 35.5. The number of rotatable bonds is 4. The normalized spacial score (nSPS) is 17.1. The Morgan fingerprint density at radius 2 is 2.05 bits per heavy atom. The Morgan fingerprint density at radius 3 is 2.48 bits per heavy atom. The number of nitrogens with two attached hydrogens (primary N) is 1. The van der Waals surface area contributed by atoms with Crippen LogP contribution in [0, 0.1) is 6.92 Å². The van der Waals surface area contributed by atoms with Gasteiger partial charge in [-0.3, -0.25) is 4.79 Å². The van der Waals surface area contributed by atoms with E-state index in [1.807, 2.05) is 6.92 Å². The molecule has 5 nitrogen and oxygen atoms in total. The van der Waals surface area contributed by atoms with E-state index in [0.717, 1.165) is 25.7 Å². The Bertz CT molecular complexity index is 676. The quantitative estimate of drug-likeness (QED) is 0.888. The second-order valence-corrected chi connectivity index (χ2v) is 7.53. The molecule has 0 heterocycles. The maximum Gasteiger partial charge on any atom is 0.252 e. The maximum atomic E-state index is 12.5. The number of carbonyl (C=O) groups excluding carboxylic acids is 1. The predicted molar refractivity (Wildman–Crippen MR) is 81.9 cm³/mol. The van der Waals surface area contributed by atoms with Crippen molar-refractivity contribution >= 4 is 27.5 Å². The molecular weight excluding hydrogens is 312 g/mol. The lowest BCUT2D eigenvalue weighted by Crippen LogP contribution is -2.53. The van der Waals surface area contributed by atoms with Crippen molar-refractivity contribution in [2.75, 3.05) is 0 Å². The van der Waals surface area contributed by atoms with Gasteiger partial charge in [0, 0.05) is 16.1 Å². The third kappa shape index (κ3) is 3.22. The van der Waals surface area contributed by atoms with Crippen molar-refractivity contribution in [1.82, 2.24) is 5.32 Å². The number of amides is 1. The molecule has 1 aromatic rings. The van der Waals surface area contributed by atoms with Gasteiger partial charge in [0.25, 0.3) is 5.91 Å². The SMILES string of the molecule is CCC1(NC(=O)c2cc(S(N)(=O)=O)cc(Cl)c2C)CCC1. The van der Waals surface area contributed by atoms with Crippen LogP contribution in [0.1, 0.15) is 48.5 Å². The van der Waals surface area contributed by atoms with Crippen LogP contribution in [0.3, 0.4) is 0 Å². The van der Waals surface area contributed by atoms with Gasteiger partial charge in [0.1, 0.15) is 0 Å². The molecule has 3 N–H and O–H groups in total. The van der Waals surface area contributed by atoms with Crippen molar-refractivity contribution in [3.05, 3.63) is 28.3 Å². The Kier molecular flexibility index (Phi) is 4.33. The van der Waals surface area contributed by atoms with Gasteiger partial charge in [-0.2, -0.15) is 0 Å². The van der Waals surface area contributed by atoms with E-state index in [1.165, 1.54) is 12.1 Å². The maximum absolute atomic E-state index is 12.5. The van der Waals surface area contributed by atoms with Crippen molar-refractivity contribution in [2.24, 2.45) is 5.14 Å². The van der Waals surface area contributed by atoms with E-state index in [4.69, 9.17) is 16.7 Å². The summed E-state index contributed by atoms with van der Waals surface area (Å²) in [7, 11) is -3.90. The van der Waals surface area contributed by atoms with Gasteiger partial charge in [-0.25, -0.2) is 13.6 Å². The van der Waals surface area contributed by atoms with Crippen LogP contribution < -0.4 is 10.5 Å². The molecule has 1 amide bonds. The summed E-state index contributed by atoms with van der Waals surface area (Å²) in [6.45, 7) is 3.71. The number of halogens is 1. The molecule has 116 valence electrons. The minimum Gasteiger partial charge on any atom is -0.347 e. The zero-order valence-electron chi connectivity index (χ0n) is 12.1. The van der Waals surface area contributed by atoms with Crippen LogP contribution in [0.4, 0.5) is 0 Å². The zero-order valence-corrected chi connectivity index (χ0v) is 13.6. The average Bonchev–Trinajstić information content (AvgIpc) is 2.35. The van der Waals surface area contributed by atoms with Gasteiger partial charge in [0.2, 0.25) is 10.0 Å². The van der Waals surface area contributed by atoms with Gasteiger partial charge in [-0.05, 0) is 50.3 Å². The molecule has 7 heteroatoms. The molecule has 0 spiro atoms. The van der Waals surface area contributed by atoms with Gasteiger partial charge < -0.3 is 5.32 Å². The highest BCUT2D eigenvalue weighted by molar-refractivity contribution is 7.89. The van der Waals surface area contributed by atoms with Crippen molar-refractivity contribution in [2.45, 2.75) is 50.0 Å². The first kappa shape index (κ1) is 16.3. The van der Waals surface area contributed by atoms with E-state index in [1.54, 1.807) is 6.92 Å². The first-order valence-corrected chi connectivity index (χ1v) is 8.76. The van der Waals surface area contributed by atoms with Gasteiger partial charge in [0.05, 0.1) is 4.90 Å². The summed E-state index contributed by atoms with van der Waals surface area (Å²) in [5, 5.41) is 8.34. The van der Waals surface area contributed by atoms with Gasteiger partial charge in [0.15, 0.2) is 0 Å². The van der Waals surface area contributed by atoms with Crippen molar-refractivity contribution in [3.8, 4) is 0 Å². The van der Waals surface area contributed by atoms with Gasteiger partial charge in [-0.15, -0.1) is 0 Å². The summed E-state index contributed by atoms with van der Waals surface area (Å²) in [5.74, 6) is -0.304. The lowest BCUT2D eigenvalue weighted by molar-refractivity contribution is 0.0819. The monoisotopic (exact) mass is 330 g/mol. The number of benzene rings is 1. The summed E-state index contributed by atoms with van der Waals surface area (Å²) in [4.78, 5) is 12.3. The average molecular weight is 331 g/mol. The molecule has 0 unspecified atom stereocenters. The highest BCUT2D eigenvalue weighted by Gasteiger charge is 2.37. The van der Waals surface area contributed by atoms with E-state index >= 15 is 0 Å². The van der Waals surface area contributed by atoms with Crippen LogP contribution in [-0.2, 0) is 10.0 Å². The molecule has 0 bridgehead atoms. The Morgan fingerprint density at radius 1 is 1.43 bits per heavy atom. The van der Waals surface area contributed by atoms with E-state index < -0.39 is 10.0 Å². The van der Waals surface area contributed by atoms with E-state index in [2.05, 4.69) is 5.32 Å². The second-order valence-electron chi connectivity index (χ2n) is 5.56. The Labute approximate surface area is 129 Å². The minimum absolute atomic E-state index is 0.151. The molecule has 2 rings (SSSR count). The fourth-order valence-corrected chi connectivity index (χ4v) is 3.38. The topological polar surface area (TPSA) is 89.3 Å². The number of primary sulfonamides is 1. The molecule has 0 saturated heterocycles. The first-order chi connectivity index (χ1) is 9.68. The summed E-state index contributed by atoms with van der Waals surface area (Å²) >= 11 is 6.02. The summed E-state index contributed by atoms with van der Waals surface area (Å²) in [6.07, 6.45) is 3.82. The standard InChI is InChI=1S/C14H19ClN2O3S/c1-3-14(5-4-6-14)17-13(18)11-7-10(21(16,19)20)8-12(15)9(11)2/h7-8H,3-6H2,1-2H3,(H,17,18)(H2,16,19,20). The molecule has 1 saturated carbocycles. The lowest BCUT2D eigenvalue weighted by atomic mass is 9.74. The van der Waals surface area contributed by atoms with Gasteiger partial charge >= 0.3 is 0 Å². The minimum atomic E-state index is -3.90. The first-order valence-electron chi connectivity index (χ1n) is 6.84. The van der Waals surface area contributed by atoms with Crippen LogP contribution in [0.2, 0.25) is 5.02 Å². The number of hydrogen-bond acceptors (Lipinski definition) is 3. The van der Waals surface area contributed by atoms with Gasteiger partial charge in [-0.1, -0.05) is 18.5 Å². The third-order valence-corrected chi connectivity index (χ3v) is 5.54. The Balaban J connectivity index is 2.39. The van der Waals surface area contributed by atoms with Crippen LogP contribution in [0.25, 0.3) is 0 Å². The fraction of sp³-hybridized carbons (Fsp3) is 0.500. The van der Waals surface area contributed by atoms with E-state index in [9.17, 15) is 13.2 Å². The molecule has 0 atom stereocenters. The number of nitrogens with one attached hydrogen (secondary N) is 1. The van der Waals surface area contributed by atoms with Crippen molar-refractivity contribution < 1.29 is 13.2 Å². The third-order valence-electron chi connectivity index (χ3n) is 4.26. The largest absolute Gasteiger partial charge is 0.347 e. The second kappa shape index (κ2) is 5.59. The summed E-state index contributed by atoms with van der Waals surface area (Å²) < 4.78 is 22.9. The number of carbonyl (C=O) groups is 1. The summed E-state index contributed by atoms with van der Waals surface area (Å²) in [5.41, 5.74) is 0.631. The molecule has 1 fully saturated rings. The van der Waals surface area contributed by atoms with Crippen molar-refractivity contribution in [1.29, 1.82) is 0 Å². The Hall–Kier alpha value is -1.11. The van der Waals surface area contributed by atoms with Crippen LogP contribution >= 0.6 is 11.6 Å². The van der Waals surface area contributed by atoms with Crippen LogP contribution in [0.15, 0.2) is 17.0 Å². The molecule has 0 aliphatic heterocycles. The highest BCUT2D eigenvalue weighted by Crippen LogP contribution is 2.35. The van der Waals surface area contributed by atoms with Crippen LogP contribution in [0.5, 0.6) is 0 Å². The molecule has 1 aromatic carbocycles. The molecule has 0 aromatic heterocycles. The van der Waals surface area contributed by atoms with Crippen LogP contribution in [-0.4, -0.2) is 19.9 Å². The smallest absolute Gasteiger partial charge is 0.252 e. The predicted octanol–water partition coefficient (Wildman–Crippen LogP) is 2.36. The number of hydrogen-bond donors (Lipinski definition) is 2. The van der Waals surface area contributed by atoms with E-state index in [0.29, 0.717) is 5.56 Å². The van der Waals surface area contributed by atoms with E-state index in [-0.39, 0.29) is 26.9 Å². The lowest BCUT2D eigenvalue weighted by Gasteiger charge is -2.42. The molecule has 21 heavy (non-hydrogen) atoms. The molecule has 0 radical (unpaired) electrons. The number of sulfonamides is 1. The fourth-order valence-electron chi connectivity index (χ4n) is 2.53.